The Morgan fingerprint density at radius 2 is 2.11 bits per heavy atom. The molecule has 0 radical (unpaired) electrons. The van der Waals surface area contributed by atoms with Crippen molar-refractivity contribution in [1.29, 1.82) is 0 Å². The predicted molar refractivity (Wildman–Crippen MR) is 77.8 cm³/mol. The summed E-state index contributed by atoms with van der Waals surface area (Å²) in [6.45, 7) is 4.15. The molecule has 98 valence electrons. The third-order valence-electron chi connectivity index (χ3n) is 2.94. The summed E-state index contributed by atoms with van der Waals surface area (Å²) in [4.78, 5) is 16.0. The first-order valence-corrected chi connectivity index (χ1v) is 6.51. The number of anilines is 1. The Kier molecular flexibility index (Phi) is 4.17. The van der Waals surface area contributed by atoms with E-state index in [1.54, 1.807) is 18.2 Å². The Hall–Kier alpha value is -1.87. The molecule has 19 heavy (non-hydrogen) atoms. The van der Waals surface area contributed by atoms with Crippen molar-refractivity contribution in [2.24, 2.45) is 0 Å². The van der Waals surface area contributed by atoms with Crippen LogP contribution >= 0.6 is 11.6 Å². The lowest BCUT2D eigenvalue weighted by molar-refractivity contribution is 0.102. The van der Waals surface area contributed by atoms with Crippen LogP contribution in [0.3, 0.4) is 0 Å². The molecular formula is C15H15ClN2O. The van der Waals surface area contributed by atoms with Crippen molar-refractivity contribution in [3.05, 3.63) is 58.4 Å². The Morgan fingerprint density at radius 1 is 1.32 bits per heavy atom. The van der Waals surface area contributed by atoms with Crippen LogP contribution in [-0.2, 0) is 6.42 Å². The van der Waals surface area contributed by atoms with Crippen molar-refractivity contribution in [3.63, 3.8) is 0 Å². The van der Waals surface area contributed by atoms with Gasteiger partial charge >= 0.3 is 0 Å². The second-order valence-corrected chi connectivity index (χ2v) is 4.68. The monoisotopic (exact) mass is 274 g/mol. The van der Waals surface area contributed by atoms with E-state index in [4.69, 9.17) is 11.6 Å². The van der Waals surface area contributed by atoms with Crippen LogP contribution in [0.4, 0.5) is 5.69 Å². The second kappa shape index (κ2) is 5.85. The zero-order valence-electron chi connectivity index (χ0n) is 10.9. The number of halogens is 1. The van der Waals surface area contributed by atoms with E-state index in [1.807, 2.05) is 18.2 Å². The van der Waals surface area contributed by atoms with Gasteiger partial charge in [0.25, 0.3) is 5.91 Å². The van der Waals surface area contributed by atoms with Gasteiger partial charge in [-0.05, 0) is 48.7 Å². The molecule has 2 rings (SSSR count). The summed E-state index contributed by atoms with van der Waals surface area (Å²) in [6.07, 6.45) is 0.935. The number of rotatable bonds is 3. The number of hydrogen-bond donors (Lipinski definition) is 1. The molecule has 1 heterocycles. The molecule has 1 aromatic heterocycles. The van der Waals surface area contributed by atoms with E-state index in [0.29, 0.717) is 10.8 Å². The molecular weight excluding hydrogens is 260 g/mol. The number of aromatic nitrogens is 1. The van der Waals surface area contributed by atoms with Crippen LogP contribution in [0, 0.1) is 6.92 Å². The Balaban J connectivity index is 2.19. The molecule has 0 aliphatic carbocycles. The van der Waals surface area contributed by atoms with Crippen molar-refractivity contribution in [1.82, 2.24) is 4.98 Å². The van der Waals surface area contributed by atoms with Crippen LogP contribution in [0.5, 0.6) is 0 Å². The molecule has 0 unspecified atom stereocenters. The number of nitrogens with one attached hydrogen (secondary N) is 1. The summed E-state index contributed by atoms with van der Waals surface area (Å²) in [5.74, 6) is -0.256. The van der Waals surface area contributed by atoms with Crippen molar-refractivity contribution in [2.75, 3.05) is 5.32 Å². The molecule has 0 atom stereocenters. The van der Waals surface area contributed by atoms with Gasteiger partial charge in [-0.15, -0.1) is 0 Å². The lowest BCUT2D eigenvalue weighted by Gasteiger charge is -2.08. The lowest BCUT2D eigenvalue weighted by atomic mass is 10.1. The molecule has 0 saturated carbocycles. The maximum Gasteiger partial charge on any atom is 0.274 e. The number of benzene rings is 1. The summed E-state index contributed by atoms with van der Waals surface area (Å²) in [5.41, 5.74) is 3.53. The minimum Gasteiger partial charge on any atom is -0.321 e. The van der Waals surface area contributed by atoms with Gasteiger partial charge in [-0.2, -0.15) is 0 Å². The maximum atomic E-state index is 12.0. The second-order valence-electron chi connectivity index (χ2n) is 4.29. The molecule has 0 bridgehead atoms. The predicted octanol–water partition coefficient (Wildman–Crippen LogP) is 3.86. The van der Waals surface area contributed by atoms with Crippen LogP contribution in [0.2, 0.25) is 5.15 Å². The quantitative estimate of drug-likeness (QED) is 0.864. The number of carbonyl (C=O) groups is 1. The highest BCUT2D eigenvalue weighted by molar-refractivity contribution is 6.29. The summed E-state index contributed by atoms with van der Waals surface area (Å²) >= 11 is 5.77. The van der Waals surface area contributed by atoms with Crippen molar-refractivity contribution in [3.8, 4) is 0 Å². The van der Waals surface area contributed by atoms with Crippen LogP contribution in [-0.4, -0.2) is 10.9 Å². The van der Waals surface area contributed by atoms with Crippen LogP contribution in [0.15, 0.2) is 36.4 Å². The smallest absolute Gasteiger partial charge is 0.274 e. The molecule has 1 amide bonds. The van der Waals surface area contributed by atoms with Gasteiger partial charge in [0.2, 0.25) is 0 Å². The molecule has 0 saturated heterocycles. The summed E-state index contributed by atoms with van der Waals surface area (Å²) in [7, 11) is 0. The molecule has 0 aliphatic heterocycles. The third-order valence-corrected chi connectivity index (χ3v) is 3.15. The molecule has 0 fully saturated rings. The van der Waals surface area contributed by atoms with Gasteiger partial charge in [0, 0.05) is 5.69 Å². The van der Waals surface area contributed by atoms with Crippen molar-refractivity contribution < 1.29 is 4.79 Å². The average Bonchev–Trinajstić information content (AvgIpc) is 2.41. The van der Waals surface area contributed by atoms with E-state index in [1.165, 1.54) is 11.1 Å². The zero-order chi connectivity index (χ0) is 13.8. The normalized spacial score (nSPS) is 10.3. The minimum absolute atomic E-state index is 0.256. The Morgan fingerprint density at radius 3 is 2.79 bits per heavy atom. The molecule has 4 heteroatoms. The van der Waals surface area contributed by atoms with Gasteiger partial charge in [-0.25, -0.2) is 4.98 Å². The number of aryl methyl sites for hydroxylation is 2. The van der Waals surface area contributed by atoms with Gasteiger partial charge < -0.3 is 5.32 Å². The van der Waals surface area contributed by atoms with E-state index < -0.39 is 0 Å². The first-order valence-electron chi connectivity index (χ1n) is 6.13. The fraction of sp³-hybridized carbons (Fsp3) is 0.200. The summed E-state index contributed by atoms with van der Waals surface area (Å²) in [5, 5.41) is 3.14. The van der Waals surface area contributed by atoms with E-state index in [-0.39, 0.29) is 5.91 Å². The van der Waals surface area contributed by atoms with Crippen LogP contribution < -0.4 is 5.32 Å². The maximum absolute atomic E-state index is 12.0. The first kappa shape index (κ1) is 13.6. The van der Waals surface area contributed by atoms with E-state index in [0.717, 1.165) is 12.1 Å². The van der Waals surface area contributed by atoms with Crippen LogP contribution in [0.1, 0.15) is 28.5 Å². The number of amides is 1. The highest BCUT2D eigenvalue weighted by Gasteiger charge is 2.08. The Bertz CT molecular complexity index is 611. The van der Waals surface area contributed by atoms with E-state index >= 15 is 0 Å². The fourth-order valence-electron chi connectivity index (χ4n) is 1.86. The van der Waals surface area contributed by atoms with Gasteiger partial charge in [-0.3, -0.25) is 4.79 Å². The van der Waals surface area contributed by atoms with Crippen molar-refractivity contribution >= 4 is 23.2 Å². The van der Waals surface area contributed by atoms with Gasteiger partial charge in [0.1, 0.15) is 10.8 Å². The lowest BCUT2D eigenvalue weighted by Crippen LogP contribution is -2.13. The van der Waals surface area contributed by atoms with Gasteiger partial charge in [0.15, 0.2) is 0 Å². The summed E-state index contributed by atoms with van der Waals surface area (Å²) in [6, 6.07) is 10.8. The highest BCUT2D eigenvalue weighted by Crippen LogP contribution is 2.16. The average molecular weight is 275 g/mol. The summed E-state index contributed by atoms with van der Waals surface area (Å²) < 4.78 is 0. The SMILES string of the molecule is CCc1cc(NC(=O)c2cccc(Cl)n2)ccc1C. The number of hydrogen-bond acceptors (Lipinski definition) is 2. The minimum atomic E-state index is -0.256. The molecule has 2 aromatic rings. The number of nitrogens with zero attached hydrogens (tertiary/aromatic N) is 1. The largest absolute Gasteiger partial charge is 0.321 e. The molecule has 0 spiro atoms. The van der Waals surface area contributed by atoms with Gasteiger partial charge in [-0.1, -0.05) is 30.7 Å². The third kappa shape index (κ3) is 3.32. The molecule has 1 aromatic carbocycles. The Labute approximate surface area is 117 Å². The van der Waals surface area contributed by atoms with E-state index in [9.17, 15) is 4.79 Å². The van der Waals surface area contributed by atoms with Crippen LogP contribution in [0.25, 0.3) is 0 Å². The first-order chi connectivity index (χ1) is 9.10. The standard InChI is InChI=1S/C15H15ClN2O/c1-3-11-9-12(8-7-10(11)2)17-15(19)13-5-4-6-14(16)18-13/h4-9H,3H2,1-2H3,(H,17,19). The number of carbonyl (C=O) groups excluding carboxylic acids is 1. The fourth-order valence-corrected chi connectivity index (χ4v) is 2.02. The number of pyridine rings is 1. The highest BCUT2D eigenvalue weighted by atomic mass is 35.5. The van der Waals surface area contributed by atoms with E-state index in [2.05, 4.69) is 24.1 Å². The molecule has 0 aliphatic rings. The van der Waals surface area contributed by atoms with Crippen molar-refractivity contribution in [2.45, 2.75) is 20.3 Å². The topological polar surface area (TPSA) is 42.0 Å². The zero-order valence-corrected chi connectivity index (χ0v) is 11.7. The molecule has 1 N–H and O–H groups in total. The van der Waals surface area contributed by atoms with Gasteiger partial charge in [0.05, 0.1) is 0 Å². The molecule has 3 nitrogen and oxygen atoms in total.